The predicted molar refractivity (Wildman–Crippen MR) is 83.2 cm³/mol. The van der Waals surface area contributed by atoms with E-state index in [2.05, 4.69) is 5.32 Å². The fraction of sp³-hybridized carbons (Fsp3) is 0.294. The summed E-state index contributed by atoms with van der Waals surface area (Å²) in [6.07, 6.45) is 1.23. The largest absolute Gasteiger partial charge is 0.481 e. The molecule has 0 bridgehead atoms. The molecule has 1 aromatic heterocycles. The van der Waals surface area contributed by atoms with E-state index in [1.165, 1.54) is 0 Å². The van der Waals surface area contributed by atoms with Crippen molar-refractivity contribution in [2.45, 2.75) is 33.1 Å². The lowest BCUT2D eigenvalue weighted by atomic mass is 10.1. The molecule has 0 fully saturated rings. The number of amides is 1. The van der Waals surface area contributed by atoms with Gasteiger partial charge in [0, 0.05) is 18.5 Å². The molecule has 0 atom stereocenters. The zero-order valence-electron chi connectivity index (χ0n) is 12.7. The third-order valence-electron chi connectivity index (χ3n) is 3.38. The Morgan fingerprint density at radius 2 is 2.05 bits per heavy atom. The molecule has 0 aliphatic rings. The molecule has 0 saturated heterocycles. The van der Waals surface area contributed by atoms with Crippen LogP contribution in [-0.2, 0) is 17.6 Å². The molecule has 2 aromatic rings. The number of nitrogens with one attached hydrogen (secondary N) is 1. The van der Waals surface area contributed by atoms with Gasteiger partial charge in [0.2, 0.25) is 0 Å². The first-order chi connectivity index (χ1) is 10.5. The minimum atomic E-state index is -0.840. The number of carboxylic acids is 1. The van der Waals surface area contributed by atoms with E-state index in [0.717, 1.165) is 23.3 Å². The highest BCUT2D eigenvalue weighted by Gasteiger charge is 2.14. The highest BCUT2D eigenvalue weighted by atomic mass is 16.4. The summed E-state index contributed by atoms with van der Waals surface area (Å²) >= 11 is 0. The van der Waals surface area contributed by atoms with Crippen molar-refractivity contribution in [3.8, 4) is 0 Å². The maximum absolute atomic E-state index is 12.2. The van der Waals surface area contributed by atoms with Gasteiger partial charge in [0.15, 0.2) is 5.76 Å². The van der Waals surface area contributed by atoms with Crippen LogP contribution in [0.15, 0.2) is 34.7 Å². The highest BCUT2D eigenvalue weighted by molar-refractivity contribution is 6.02. The van der Waals surface area contributed by atoms with Crippen LogP contribution in [0.3, 0.4) is 0 Å². The van der Waals surface area contributed by atoms with Crippen LogP contribution in [-0.4, -0.2) is 17.0 Å². The zero-order valence-corrected chi connectivity index (χ0v) is 12.7. The van der Waals surface area contributed by atoms with Gasteiger partial charge in [-0.15, -0.1) is 0 Å². The van der Waals surface area contributed by atoms with Crippen molar-refractivity contribution >= 4 is 17.6 Å². The van der Waals surface area contributed by atoms with Crippen molar-refractivity contribution in [2.75, 3.05) is 5.32 Å². The van der Waals surface area contributed by atoms with E-state index >= 15 is 0 Å². The monoisotopic (exact) mass is 301 g/mol. The number of aryl methyl sites for hydroxylation is 3. The SMILES string of the molecule is CCc1oc(C(=O)Nc2cccc(CCC(=O)O)c2)cc1C. The summed E-state index contributed by atoms with van der Waals surface area (Å²) in [4.78, 5) is 22.8. The Hall–Kier alpha value is -2.56. The molecule has 2 rings (SSSR count). The second-order valence-corrected chi connectivity index (χ2v) is 5.12. The Morgan fingerprint density at radius 3 is 2.68 bits per heavy atom. The Kier molecular flexibility index (Phi) is 4.99. The van der Waals surface area contributed by atoms with Crippen molar-refractivity contribution in [1.82, 2.24) is 0 Å². The van der Waals surface area contributed by atoms with Gasteiger partial charge in [0.05, 0.1) is 0 Å². The second kappa shape index (κ2) is 6.93. The molecule has 2 N–H and O–H groups in total. The number of carbonyl (C=O) groups is 2. The average Bonchev–Trinajstić information content (AvgIpc) is 2.87. The number of anilines is 1. The van der Waals surface area contributed by atoms with Crippen molar-refractivity contribution in [3.63, 3.8) is 0 Å². The van der Waals surface area contributed by atoms with Gasteiger partial charge in [-0.3, -0.25) is 9.59 Å². The van der Waals surface area contributed by atoms with Gasteiger partial charge in [-0.2, -0.15) is 0 Å². The van der Waals surface area contributed by atoms with E-state index in [4.69, 9.17) is 9.52 Å². The minimum absolute atomic E-state index is 0.0641. The van der Waals surface area contributed by atoms with Gasteiger partial charge in [-0.05, 0) is 42.7 Å². The first-order valence-electron chi connectivity index (χ1n) is 7.21. The van der Waals surface area contributed by atoms with Crippen LogP contribution in [0.5, 0.6) is 0 Å². The Balaban J connectivity index is 2.07. The van der Waals surface area contributed by atoms with Gasteiger partial charge in [0.1, 0.15) is 5.76 Å². The van der Waals surface area contributed by atoms with Crippen molar-refractivity contribution in [1.29, 1.82) is 0 Å². The van der Waals surface area contributed by atoms with Crippen LogP contribution in [0.2, 0.25) is 0 Å². The molecule has 0 spiro atoms. The van der Waals surface area contributed by atoms with Gasteiger partial charge < -0.3 is 14.8 Å². The van der Waals surface area contributed by atoms with E-state index in [-0.39, 0.29) is 18.1 Å². The smallest absolute Gasteiger partial charge is 0.303 e. The summed E-state index contributed by atoms with van der Waals surface area (Å²) in [5.74, 6) is -0.0589. The molecule has 5 nitrogen and oxygen atoms in total. The summed E-state index contributed by atoms with van der Waals surface area (Å²) in [5, 5.41) is 11.5. The van der Waals surface area contributed by atoms with Crippen LogP contribution in [0.25, 0.3) is 0 Å². The number of carboxylic acid groups (broad SMARTS) is 1. The van der Waals surface area contributed by atoms with Crippen LogP contribution in [0, 0.1) is 6.92 Å². The van der Waals surface area contributed by atoms with E-state index in [9.17, 15) is 9.59 Å². The molecule has 0 aliphatic carbocycles. The third-order valence-corrected chi connectivity index (χ3v) is 3.38. The second-order valence-electron chi connectivity index (χ2n) is 5.12. The minimum Gasteiger partial charge on any atom is -0.481 e. The highest BCUT2D eigenvalue weighted by Crippen LogP contribution is 2.18. The number of furan rings is 1. The maximum atomic E-state index is 12.2. The molecule has 5 heteroatoms. The predicted octanol–water partition coefficient (Wildman–Crippen LogP) is 3.42. The number of aliphatic carboxylic acids is 1. The Morgan fingerprint density at radius 1 is 1.27 bits per heavy atom. The molecule has 1 aromatic carbocycles. The summed E-state index contributed by atoms with van der Waals surface area (Å²) < 4.78 is 5.52. The zero-order chi connectivity index (χ0) is 16.1. The van der Waals surface area contributed by atoms with E-state index in [1.807, 2.05) is 19.9 Å². The lowest BCUT2D eigenvalue weighted by Crippen LogP contribution is -2.11. The lowest BCUT2D eigenvalue weighted by molar-refractivity contribution is -0.136. The topological polar surface area (TPSA) is 79.5 Å². The molecule has 116 valence electrons. The maximum Gasteiger partial charge on any atom is 0.303 e. The number of hydrogen-bond acceptors (Lipinski definition) is 3. The number of hydrogen-bond donors (Lipinski definition) is 2. The number of rotatable bonds is 6. The molecule has 0 aliphatic heterocycles. The molecule has 22 heavy (non-hydrogen) atoms. The molecule has 1 amide bonds. The van der Waals surface area contributed by atoms with Gasteiger partial charge in [-0.1, -0.05) is 19.1 Å². The number of carbonyl (C=O) groups excluding carboxylic acids is 1. The Bertz CT molecular complexity index is 688. The fourth-order valence-corrected chi connectivity index (χ4v) is 2.23. The normalized spacial score (nSPS) is 10.5. The summed E-state index contributed by atoms with van der Waals surface area (Å²) in [7, 11) is 0. The van der Waals surface area contributed by atoms with Crippen molar-refractivity contribution < 1.29 is 19.1 Å². The first-order valence-corrected chi connectivity index (χ1v) is 7.21. The molecule has 0 radical (unpaired) electrons. The third kappa shape index (κ3) is 3.97. The first kappa shape index (κ1) is 15.8. The quantitative estimate of drug-likeness (QED) is 0.856. The van der Waals surface area contributed by atoms with Crippen LogP contribution in [0.1, 0.15) is 40.8 Å². The summed E-state index contributed by atoms with van der Waals surface area (Å²) in [5.41, 5.74) is 2.45. The standard InChI is InChI=1S/C17H19NO4/c1-3-14-11(2)9-15(22-14)17(21)18-13-6-4-5-12(10-13)7-8-16(19)20/h4-6,9-10H,3,7-8H2,1-2H3,(H,18,21)(H,19,20). The summed E-state index contributed by atoms with van der Waals surface area (Å²) in [6.45, 7) is 3.88. The van der Waals surface area contributed by atoms with E-state index in [0.29, 0.717) is 12.1 Å². The average molecular weight is 301 g/mol. The lowest BCUT2D eigenvalue weighted by Gasteiger charge is -2.05. The molecule has 0 unspecified atom stereocenters. The van der Waals surface area contributed by atoms with Crippen molar-refractivity contribution in [3.05, 3.63) is 53.0 Å². The molecule has 0 saturated carbocycles. The molecular formula is C17H19NO4. The summed E-state index contributed by atoms with van der Waals surface area (Å²) in [6, 6.07) is 8.89. The molecule has 1 heterocycles. The number of benzene rings is 1. The van der Waals surface area contributed by atoms with E-state index in [1.54, 1.807) is 24.3 Å². The molecular weight excluding hydrogens is 282 g/mol. The van der Waals surface area contributed by atoms with Crippen molar-refractivity contribution in [2.24, 2.45) is 0 Å². The van der Waals surface area contributed by atoms with Gasteiger partial charge in [0.25, 0.3) is 5.91 Å². The van der Waals surface area contributed by atoms with Crippen LogP contribution < -0.4 is 5.32 Å². The van der Waals surface area contributed by atoms with Crippen LogP contribution in [0.4, 0.5) is 5.69 Å². The van der Waals surface area contributed by atoms with Gasteiger partial charge >= 0.3 is 5.97 Å². The van der Waals surface area contributed by atoms with Gasteiger partial charge in [-0.25, -0.2) is 0 Å². The van der Waals surface area contributed by atoms with Crippen LogP contribution >= 0.6 is 0 Å². The Labute approximate surface area is 129 Å². The van der Waals surface area contributed by atoms with E-state index < -0.39 is 5.97 Å². The fourth-order valence-electron chi connectivity index (χ4n) is 2.23.